The Morgan fingerprint density at radius 3 is 2.52 bits per heavy atom. The Hall–Kier alpha value is -3.50. The van der Waals surface area contributed by atoms with Gasteiger partial charge in [-0.15, -0.1) is 0 Å². The summed E-state index contributed by atoms with van der Waals surface area (Å²) >= 11 is 0. The van der Waals surface area contributed by atoms with Crippen molar-refractivity contribution in [1.29, 1.82) is 5.41 Å². The van der Waals surface area contributed by atoms with E-state index in [0.717, 1.165) is 32.1 Å². The number of amides is 2. The second-order valence-electron chi connectivity index (χ2n) is 7.31. The van der Waals surface area contributed by atoms with Crippen molar-refractivity contribution in [2.24, 2.45) is 11.7 Å². The number of phenols is 1. The van der Waals surface area contributed by atoms with E-state index in [1.807, 2.05) is 0 Å². The molecule has 1 atom stereocenters. The maximum absolute atomic E-state index is 12.4. The zero-order valence-corrected chi connectivity index (χ0v) is 17.1. The lowest BCUT2D eigenvalue weighted by Crippen LogP contribution is -2.50. The predicted octanol–water partition coefficient (Wildman–Crippen LogP) is 0.134. The quantitative estimate of drug-likeness (QED) is 0.153. The van der Waals surface area contributed by atoms with E-state index in [1.54, 1.807) is 0 Å². The van der Waals surface area contributed by atoms with Crippen LogP contribution in [0.2, 0.25) is 0 Å². The van der Waals surface area contributed by atoms with Gasteiger partial charge < -0.3 is 36.6 Å². The molecule has 1 saturated carbocycles. The Morgan fingerprint density at radius 1 is 1.19 bits per heavy atom. The van der Waals surface area contributed by atoms with Crippen LogP contribution in [0.15, 0.2) is 18.2 Å². The summed E-state index contributed by atoms with van der Waals surface area (Å²) in [6, 6.07) is 2.80. The Bertz CT molecular complexity index is 809. The average Bonchev–Trinajstić information content (AvgIpc) is 2.74. The molecule has 0 spiro atoms. The highest BCUT2D eigenvalue weighted by Gasteiger charge is 2.27. The van der Waals surface area contributed by atoms with E-state index in [2.05, 4.69) is 16.0 Å². The topological polar surface area (TPSA) is 187 Å². The standard InChI is InChI=1S/C20H29N5O6/c21-20(22)23-8-9-31-13-6-7-14(16(26)10-13)18(28)24-11-15(19(29)30)25-17(27)12-4-2-1-3-5-12/h6-7,10,12,15,26H,1-5,8-9,11H2,(H,24,28)(H,25,27)(H,29,30)(H4,21,22,23)/t15-/m0/s1. The summed E-state index contributed by atoms with van der Waals surface area (Å²) in [5.74, 6) is -2.67. The summed E-state index contributed by atoms with van der Waals surface area (Å²) in [5.41, 5.74) is 5.10. The van der Waals surface area contributed by atoms with Crippen LogP contribution in [0.1, 0.15) is 42.5 Å². The molecule has 0 radical (unpaired) electrons. The van der Waals surface area contributed by atoms with Gasteiger partial charge in [0.05, 0.1) is 12.1 Å². The van der Waals surface area contributed by atoms with Crippen LogP contribution in [-0.2, 0) is 9.59 Å². The SMILES string of the molecule is N=C(N)NCCOc1ccc(C(=O)NC[C@H](NC(=O)C2CCCCC2)C(=O)O)c(O)c1. The van der Waals surface area contributed by atoms with E-state index in [1.165, 1.54) is 18.2 Å². The molecule has 0 aliphatic heterocycles. The number of carboxylic acids is 1. The molecular weight excluding hydrogens is 406 g/mol. The maximum atomic E-state index is 12.4. The van der Waals surface area contributed by atoms with Gasteiger partial charge in [0.25, 0.3) is 5.91 Å². The van der Waals surface area contributed by atoms with Gasteiger partial charge in [-0.1, -0.05) is 19.3 Å². The van der Waals surface area contributed by atoms with Crippen LogP contribution in [0.5, 0.6) is 11.5 Å². The van der Waals surface area contributed by atoms with E-state index in [0.29, 0.717) is 12.3 Å². The number of phenolic OH excluding ortho intramolecular Hbond substituents is 1. The van der Waals surface area contributed by atoms with Crippen molar-refractivity contribution in [1.82, 2.24) is 16.0 Å². The molecule has 2 rings (SSSR count). The molecule has 11 nitrogen and oxygen atoms in total. The smallest absolute Gasteiger partial charge is 0.328 e. The van der Waals surface area contributed by atoms with E-state index in [9.17, 15) is 24.6 Å². The van der Waals surface area contributed by atoms with E-state index in [4.69, 9.17) is 15.9 Å². The van der Waals surface area contributed by atoms with Crippen LogP contribution in [0.25, 0.3) is 0 Å². The monoisotopic (exact) mass is 435 g/mol. The average molecular weight is 435 g/mol. The molecule has 31 heavy (non-hydrogen) atoms. The van der Waals surface area contributed by atoms with E-state index in [-0.39, 0.29) is 42.2 Å². The van der Waals surface area contributed by atoms with Crippen LogP contribution in [0, 0.1) is 11.3 Å². The molecule has 0 saturated heterocycles. The summed E-state index contributed by atoms with van der Waals surface area (Å²) in [4.78, 5) is 36.1. The van der Waals surface area contributed by atoms with Gasteiger partial charge in [-0.2, -0.15) is 0 Å². The Morgan fingerprint density at radius 2 is 1.90 bits per heavy atom. The van der Waals surface area contributed by atoms with Crippen molar-refractivity contribution in [2.75, 3.05) is 19.7 Å². The number of nitrogens with two attached hydrogens (primary N) is 1. The Kier molecular flexibility index (Phi) is 8.92. The number of ether oxygens (including phenoxy) is 1. The molecule has 1 fully saturated rings. The van der Waals surface area contributed by atoms with Crippen molar-refractivity contribution >= 4 is 23.7 Å². The van der Waals surface area contributed by atoms with Crippen LogP contribution in [-0.4, -0.2) is 59.7 Å². The minimum absolute atomic E-state index is 0.0584. The van der Waals surface area contributed by atoms with Crippen molar-refractivity contribution in [3.8, 4) is 11.5 Å². The minimum atomic E-state index is -1.27. The van der Waals surface area contributed by atoms with Gasteiger partial charge in [-0.25, -0.2) is 4.79 Å². The van der Waals surface area contributed by atoms with Gasteiger partial charge in [0.1, 0.15) is 24.1 Å². The van der Waals surface area contributed by atoms with Crippen molar-refractivity contribution in [2.45, 2.75) is 38.1 Å². The lowest BCUT2D eigenvalue weighted by Gasteiger charge is -2.23. The lowest BCUT2D eigenvalue weighted by atomic mass is 9.88. The first kappa shape index (κ1) is 23.8. The molecule has 11 heteroatoms. The number of hydrogen-bond donors (Lipinski definition) is 7. The number of rotatable bonds is 10. The molecule has 1 aromatic carbocycles. The third-order valence-corrected chi connectivity index (χ3v) is 4.96. The molecule has 0 aromatic heterocycles. The fraction of sp³-hybridized carbons (Fsp3) is 0.500. The van der Waals surface area contributed by atoms with Crippen LogP contribution in [0.3, 0.4) is 0 Å². The molecule has 8 N–H and O–H groups in total. The van der Waals surface area contributed by atoms with Crippen molar-refractivity contribution < 1.29 is 29.3 Å². The van der Waals surface area contributed by atoms with Crippen LogP contribution < -0.4 is 26.4 Å². The predicted molar refractivity (Wildman–Crippen MR) is 112 cm³/mol. The second-order valence-corrected chi connectivity index (χ2v) is 7.31. The molecule has 0 unspecified atom stereocenters. The summed E-state index contributed by atoms with van der Waals surface area (Å²) in [6.45, 7) is 0.161. The fourth-order valence-electron chi connectivity index (χ4n) is 3.29. The highest BCUT2D eigenvalue weighted by molar-refractivity contribution is 5.97. The van der Waals surface area contributed by atoms with Gasteiger partial charge in [0.15, 0.2) is 5.96 Å². The van der Waals surface area contributed by atoms with Crippen LogP contribution in [0.4, 0.5) is 0 Å². The largest absolute Gasteiger partial charge is 0.507 e. The number of carbonyl (C=O) groups is 3. The number of carboxylic acid groups (broad SMARTS) is 1. The molecular formula is C20H29N5O6. The molecule has 0 heterocycles. The summed E-state index contributed by atoms with van der Waals surface area (Å²) in [5, 5.41) is 34.0. The van der Waals surface area contributed by atoms with Crippen molar-refractivity contribution in [3.63, 3.8) is 0 Å². The van der Waals surface area contributed by atoms with E-state index >= 15 is 0 Å². The second kappa shape index (κ2) is 11.6. The summed E-state index contributed by atoms with van der Waals surface area (Å²) < 4.78 is 5.37. The number of benzene rings is 1. The van der Waals surface area contributed by atoms with Gasteiger partial charge in [0.2, 0.25) is 5.91 Å². The highest BCUT2D eigenvalue weighted by Crippen LogP contribution is 2.24. The first-order valence-corrected chi connectivity index (χ1v) is 10.1. The normalized spacial score (nSPS) is 14.8. The number of aliphatic carboxylic acids is 1. The molecule has 1 aromatic rings. The lowest BCUT2D eigenvalue weighted by molar-refractivity contribution is -0.142. The molecule has 2 amide bonds. The first-order valence-electron chi connectivity index (χ1n) is 10.1. The Labute approximate surface area is 179 Å². The minimum Gasteiger partial charge on any atom is -0.507 e. The first-order chi connectivity index (χ1) is 14.8. The summed E-state index contributed by atoms with van der Waals surface area (Å²) in [6.07, 6.45) is 4.43. The number of nitrogens with one attached hydrogen (secondary N) is 4. The maximum Gasteiger partial charge on any atom is 0.328 e. The molecule has 1 aliphatic carbocycles. The van der Waals surface area contributed by atoms with Gasteiger partial charge in [0, 0.05) is 18.5 Å². The third-order valence-electron chi connectivity index (χ3n) is 4.96. The summed E-state index contributed by atoms with van der Waals surface area (Å²) in [7, 11) is 0. The third kappa shape index (κ3) is 7.68. The van der Waals surface area contributed by atoms with E-state index < -0.39 is 17.9 Å². The fourth-order valence-corrected chi connectivity index (χ4v) is 3.29. The highest BCUT2D eigenvalue weighted by atomic mass is 16.5. The van der Waals surface area contributed by atoms with Gasteiger partial charge in [-0.05, 0) is 25.0 Å². The molecule has 1 aliphatic rings. The molecule has 0 bridgehead atoms. The number of aromatic hydroxyl groups is 1. The van der Waals surface area contributed by atoms with Gasteiger partial charge >= 0.3 is 5.97 Å². The number of carbonyl (C=O) groups excluding carboxylic acids is 2. The Balaban J connectivity index is 1.88. The van der Waals surface area contributed by atoms with Crippen molar-refractivity contribution in [3.05, 3.63) is 23.8 Å². The number of guanidine groups is 1. The van der Waals surface area contributed by atoms with Gasteiger partial charge in [-0.3, -0.25) is 15.0 Å². The van der Waals surface area contributed by atoms with Crippen LogP contribution >= 0.6 is 0 Å². The molecule has 170 valence electrons. The number of hydrogen-bond acceptors (Lipinski definition) is 6. The zero-order valence-electron chi connectivity index (χ0n) is 17.1. The zero-order chi connectivity index (χ0) is 22.8.